The molecule has 0 aliphatic carbocycles. The maximum absolute atomic E-state index is 13.1. The van der Waals surface area contributed by atoms with E-state index in [1.54, 1.807) is 25.1 Å². The molecule has 0 saturated carbocycles. The number of aliphatic imine (C=N–C) groups is 1. The van der Waals surface area contributed by atoms with Crippen molar-refractivity contribution in [2.45, 2.75) is 38.6 Å². The number of nitrogens with one attached hydrogen (secondary N) is 1. The molecule has 1 saturated heterocycles. The van der Waals surface area contributed by atoms with Crippen molar-refractivity contribution in [3.8, 4) is 11.8 Å². The lowest BCUT2D eigenvalue weighted by atomic mass is 9.89. The Kier molecular flexibility index (Phi) is 8.23. The molecule has 10 nitrogen and oxygen atoms in total. The summed E-state index contributed by atoms with van der Waals surface area (Å²) in [5.41, 5.74) is 0.824. The van der Waals surface area contributed by atoms with Gasteiger partial charge in [-0.05, 0) is 61.2 Å². The van der Waals surface area contributed by atoms with Crippen LogP contribution in [0, 0.1) is 18.3 Å². The highest BCUT2D eigenvalue weighted by Crippen LogP contribution is 2.33. The van der Waals surface area contributed by atoms with E-state index in [1.807, 2.05) is 6.07 Å². The quantitative estimate of drug-likeness (QED) is 0.492. The molecule has 41 heavy (non-hydrogen) atoms. The van der Waals surface area contributed by atoms with Crippen molar-refractivity contribution in [1.29, 1.82) is 5.26 Å². The highest BCUT2D eigenvalue weighted by atomic mass is 32.2. The number of sulfonamides is 1. The smallest absolute Gasteiger partial charge is 0.406 e. The third-order valence-corrected chi connectivity index (χ3v) is 8.39. The van der Waals surface area contributed by atoms with Crippen LogP contribution in [0.25, 0.3) is 6.08 Å². The van der Waals surface area contributed by atoms with E-state index in [9.17, 15) is 31.2 Å². The predicted octanol–water partition coefficient (Wildman–Crippen LogP) is 3.48. The molecule has 1 N–H and O–H groups in total. The molecule has 0 unspecified atom stereocenters. The largest absolute Gasteiger partial charge is 0.573 e. The Labute approximate surface area is 234 Å². The number of rotatable bonds is 7. The van der Waals surface area contributed by atoms with Crippen molar-refractivity contribution < 1.29 is 35.9 Å². The second kappa shape index (κ2) is 11.3. The lowest BCUT2D eigenvalue weighted by Gasteiger charge is -2.34. The van der Waals surface area contributed by atoms with Crippen LogP contribution in [0.2, 0.25) is 0 Å². The molecule has 0 bridgehead atoms. The fourth-order valence-electron chi connectivity index (χ4n) is 4.66. The Morgan fingerprint density at radius 1 is 1.24 bits per heavy atom. The Balaban J connectivity index is 1.45. The van der Waals surface area contributed by atoms with Gasteiger partial charge in [-0.1, -0.05) is 18.2 Å². The summed E-state index contributed by atoms with van der Waals surface area (Å²) >= 11 is 0. The van der Waals surface area contributed by atoms with Gasteiger partial charge in [-0.3, -0.25) is 19.5 Å². The lowest BCUT2D eigenvalue weighted by Crippen LogP contribution is -2.50. The molecule has 0 aromatic heterocycles. The van der Waals surface area contributed by atoms with E-state index in [1.165, 1.54) is 34.3 Å². The summed E-state index contributed by atoms with van der Waals surface area (Å²) in [5, 5.41) is 12.6. The van der Waals surface area contributed by atoms with Gasteiger partial charge in [-0.15, -0.1) is 13.2 Å². The zero-order chi connectivity index (χ0) is 30.0. The highest BCUT2D eigenvalue weighted by Gasteiger charge is 2.47. The molecule has 1 fully saturated rings. The number of hydrogen-bond acceptors (Lipinski definition) is 7. The summed E-state index contributed by atoms with van der Waals surface area (Å²) in [7, 11) is -3.86. The number of amides is 2. The molecular formula is C27H26F3N5O5S. The fourth-order valence-corrected chi connectivity index (χ4v) is 5.84. The summed E-state index contributed by atoms with van der Waals surface area (Å²) in [5.74, 6) is -1.11. The van der Waals surface area contributed by atoms with Crippen LogP contribution in [0.5, 0.6) is 5.75 Å². The van der Waals surface area contributed by atoms with Crippen LogP contribution in [0.3, 0.4) is 0 Å². The number of aryl methyl sites for hydroxylation is 1. The van der Waals surface area contributed by atoms with Gasteiger partial charge < -0.3 is 10.1 Å². The first-order chi connectivity index (χ1) is 19.2. The zero-order valence-electron chi connectivity index (χ0n) is 22.1. The Morgan fingerprint density at radius 2 is 1.95 bits per heavy atom. The molecule has 1 spiro atoms. The number of halogens is 3. The molecule has 2 heterocycles. The van der Waals surface area contributed by atoms with Gasteiger partial charge >= 0.3 is 6.36 Å². The maximum Gasteiger partial charge on any atom is 0.573 e. The summed E-state index contributed by atoms with van der Waals surface area (Å²) in [6, 6.07) is 12.0. The number of amidine groups is 1. The Hall–Kier alpha value is -4.22. The molecule has 0 radical (unpaired) electrons. The first-order valence-corrected chi connectivity index (χ1v) is 13.9. The van der Waals surface area contributed by atoms with Crippen molar-refractivity contribution in [1.82, 2.24) is 9.62 Å². The van der Waals surface area contributed by atoms with E-state index in [0.717, 1.165) is 17.5 Å². The SMILES string of the molecule is CC(=O)N(CC#N)c1ccc(C=CS(=O)(=O)N2CCC3(CC2)N=C(c2cccc(OC(F)(F)F)c2)NC3=O)c(C)c1. The van der Waals surface area contributed by atoms with Crippen molar-refractivity contribution in [2.75, 3.05) is 24.5 Å². The summed E-state index contributed by atoms with van der Waals surface area (Å²) in [6.07, 6.45) is -3.26. The van der Waals surface area contributed by atoms with Gasteiger partial charge in [0, 0.05) is 36.7 Å². The second-order valence-electron chi connectivity index (χ2n) is 9.57. The van der Waals surface area contributed by atoms with Crippen LogP contribution < -0.4 is 15.0 Å². The normalized spacial score (nSPS) is 17.3. The van der Waals surface area contributed by atoms with E-state index < -0.39 is 33.6 Å². The van der Waals surface area contributed by atoms with E-state index in [-0.39, 0.29) is 49.8 Å². The Bertz CT molecular complexity index is 1570. The van der Waals surface area contributed by atoms with Crippen LogP contribution in [-0.2, 0) is 19.6 Å². The van der Waals surface area contributed by atoms with Crippen LogP contribution in [0.1, 0.15) is 36.5 Å². The molecule has 216 valence electrons. The average molecular weight is 590 g/mol. The number of hydrogen-bond donors (Lipinski definition) is 1. The third kappa shape index (κ3) is 6.75. The number of anilines is 1. The van der Waals surface area contributed by atoms with Crippen LogP contribution >= 0.6 is 0 Å². The first-order valence-electron chi connectivity index (χ1n) is 12.4. The third-order valence-electron chi connectivity index (χ3n) is 6.82. The summed E-state index contributed by atoms with van der Waals surface area (Å²) in [4.78, 5) is 30.5. The molecular weight excluding hydrogens is 563 g/mol. The van der Waals surface area contributed by atoms with Gasteiger partial charge in [0.25, 0.3) is 5.91 Å². The van der Waals surface area contributed by atoms with E-state index in [2.05, 4.69) is 15.0 Å². The molecule has 2 aromatic rings. The van der Waals surface area contributed by atoms with Crippen molar-refractivity contribution in [3.63, 3.8) is 0 Å². The number of nitrogens with zero attached hydrogens (tertiary/aromatic N) is 4. The molecule has 0 atom stereocenters. The molecule has 2 aliphatic rings. The van der Waals surface area contributed by atoms with Crippen LogP contribution in [0.15, 0.2) is 52.9 Å². The predicted molar refractivity (Wildman–Crippen MR) is 144 cm³/mol. The molecule has 2 aliphatic heterocycles. The lowest BCUT2D eigenvalue weighted by molar-refractivity contribution is -0.274. The van der Waals surface area contributed by atoms with E-state index >= 15 is 0 Å². The standard InChI is InChI=1S/C27H26F3N5O5S/c1-18-16-22(35(14-11-31)19(2)36)7-6-20(18)8-15-41(38,39)34-12-9-26(10-13-34)25(37)32-24(33-26)21-4-3-5-23(17-21)40-27(28,29)30/h3-8,15-17H,9-10,12-14H2,1-2H3,(H,32,33,37). The number of piperidine rings is 1. The molecule has 14 heteroatoms. The van der Waals surface area contributed by atoms with Crippen molar-refractivity contribution in [2.24, 2.45) is 4.99 Å². The van der Waals surface area contributed by atoms with Gasteiger partial charge in [-0.25, -0.2) is 8.42 Å². The number of carbonyl (C=O) groups is 2. The van der Waals surface area contributed by atoms with E-state index in [0.29, 0.717) is 16.8 Å². The highest BCUT2D eigenvalue weighted by molar-refractivity contribution is 7.92. The zero-order valence-corrected chi connectivity index (χ0v) is 22.9. The maximum atomic E-state index is 13.1. The van der Waals surface area contributed by atoms with Crippen molar-refractivity contribution >= 4 is 39.4 Å². The van der Waals surface area contributed by atoms with Crippen LogP contribution in [-0.4, -0.2) is 61.9 Å². The summed E-state index contributed by atoms with van der Waals surface area (Å²) in [6.45, 7) is 3.01. The van der Waals surface area contributed by atoms with E-state index in [4.69, 9.17) is 5.26 Å². The molecule has 2 amide bonds. The van der Waals surface area contributed by atoms with Gasteiger partial charge in [0.05, 0.1) is 6.07 Å². The monoisotopic (exact) mass is 589 g/mol. The van der Waals surface area contributed by atoms with Gasteiger partial charge in [0.2, 0.25) is 15.9 Å². The summed E-state index contributed by atoms with van der Waals surface area (Å²) < 4.78 is 69.1. The first kappa shape index (κ1) is 29.8. The number of ether oxygens (including phenoxy) is 1. The van der Waals surface area contributed by atoms with Crippen molar-refractivity contribution in [3.05, 3.63) is 64.6 Å². The minimum atomic E-state index is -4.87. The Morgan fingerprint density at radius 3 is 2.56 bits per heavy atom. The van der Waals surface area contributed by atoms with Gasteiger partial charge in [0.15, 0.2) is 0 Å². The van der Waals surface area contributed by atoms with Crippen LogP contribution in [0.4, 0.5) is 18.9 Å². The average Bonchev–Trinajstić information content (AvgIpc) is 3.21. The second-order valence-corrected chi connectivity index (χ2v) is 11.4. The minimum Gasteiger partial charge on any atom is -0.406 e. The number of nitriles is 1. The fraction of sp³-hybridized carbons (Fsp3) is 0.333. The number of alkyl halides is 3. The topological polar surface area (TPSA) is 132 Å². The number of benzene rings is 2. The number of carbonyl (C=O) groups excluding carboxylic acids is 2. The molecule has 2 aromatic carbocycles. The van der Waals surface area contributed by atoms with Gasteiger partial charge in [-0.2, -0.15) is 9.57 Å². The molecule has 4 rings (SSSR count). The van der Waals surface area contributed by atoms with Gasteiger partial charge in [0.1, 0.15) is 23.7 Å². The minimum absolute atomic E-state index is 0.00769.